The highest BCUT2D eigenvalue weighted by molar-refractivity contribution is 7.23. The van der Waals surface area contributed by atoms with E-state index >= 15 is 0 Å². The summed E-state index contributed by atoms with van der Waals surface area (Å²) in [5, 5.41) is 21.7. The molecule has 4 rings (SSSR count). The molecule has 0 amide bonds. The zero-order chi connectivity index (χ0) is 32.8. The van der Waals surface area contributed by atoms with Crippen molar-refractivity contribution in [2.45, 2.75) is 180 Å². The first kappa shape index (κ1) is 36.1. The molecule has 1 aromatic heterocycles. The van der Waals surface area contributed by atoms with Crippen LogP contribution in [0.4, 0.5) is 0 Å². The average Bonchev–Trinajstić information content (AvgIpc) is 3.51. The molecule has 4 heterocycles. The van der Waals surface area contributed by atoms with Crippen LogP contribution in [0.3, 0.4) is 0 Å². The van der Waals surface area contributed by atoms with Crippen LogP contribution in [0.15, 0.2) is 0 Å². The van der Waals surface area contributed by atoms with Gasteiger partial charge < -0.3 is 38.1 Å². The van der Waals surface area contributed by atoms with E-state index in [-0.39, 0.29) is 11.5 Å². The molecule has 248 valence electrons. The summed E-state index contributed by atoms with van der Waals surface area (Å²) >= 11 is 1.39. The van der Waals surface area contributed by atoms with Crippen molar-refractivity contribution in [2.75, 3.05) is 0 Å². The maximum absolute atomic E-state index is 10.9. The summed E-state index contributed by atoms with van der Waals surface area (Å²) in [5.41, 5.74) is -3.56. The molecule has 3 fully saturated rings. The van der Waals surface area contributed by atoms with Crippen LogP contribution in [0.5, 0.6) is 11.5 Å². The molecule has 2 atom stereocenters. The van der Waals surface area contributed by atoms with Gasteiger partial charge in [-0.3, -0.25) is 0 Å². The van der Waals surface area contributed by atoms with Crippen LogP contribution in [0.25, 0.3) is 0 Å². The molecule has 3 aliphatic heterocycles. The molecule has 44 heavy (non-hydrogen) atoms. The standard InChI is InChI=1S/C32H57B3O8S/c1-12-13-14-15-16-17-18-19-20-23-24(36)25(37)26(44-23)33-38-29(6,7)31(10,42-33)21-22-32(11)30(8,9)41-35(43-32)34-39-27(2,3)28(4,5)40-34/h36-37H,12-22H2,1-11H3. The topological polar surface area (TPSA) is 95.8 Å². The predicted molar refractivity (Wildman–Crippen MR) is 180 cm³/mol. The van der Waals surface area contributed by atoms with Gasteiger partial charge in [-0.25, -0.2) is 0 Å². The second-order valence-electron chi connectivity index (χ2n) is 15.6. The molecule has 3 aliphatic rings. The van der Waals surface area contributed by atoms with Gasteiger partial charge in [0.1, 0.15) is 0 Å². The lowest BCUT2D eigenvalue weighted by molar-refractivity contribution is -0.0576. The van der Waals surface area contributed by atoms with Gasteiger partial charge >= 0.3 is 21.1 Å². The lowest BCUT2D eigenvalue weighted by Crippen LogP contribution is -2.50. The van der Waals surface area contributed by atoms with Gasteiger partial charge in [-0.1, -0.05) is 51.9 Å². The first-order valence-corrected chi connectivity index (χ1v) is 17.7. The number of aryl methyl sites for hydroxylation is 1. The molecule has 8 nitrogen and oxygen atoms in total. The van der Waals surface area contributed by atoms with Gasteiger partial charge in [0, 0.05) is 4.88 Å². The molecular weight excluding hydrogens is 577 g/mol. The third kappa shape index (κ3) is 7.07. The third-order valence-electron chi connectivity index (χ3n) is 11.1. The minimum absolute atomic E-state index is 0.0360. The molecule has 0 saturated carbocycles. The number of unbranched alkanes of at least 4 members (excludes halogenated alkanes) is 7. The van der Waals surface area contributed by atoms with Crippen molar-refractivity contribution in [1.82, 2.24) is 0 Å². The predicted octanol–water partition coefficient (Wildman–Crippen LogP) is 7.14. The van der Waals surface area contributed by atoms with Gasteiger partial charge in [0.2, 0.25) is 0 Å². The van der Waals surface area contributed by atoms with E-state index in [0.29, 0.717) is 17.6 Å². The zero-order valence-electron chi connectivity index (χ0n) is 29.3. The van der Waals surface area contributed by atoms with E-state index in [9.17, 15) is 10.2 Å². The van der Waals surface area contributed by atoms with E-state index in [1.807, 2.05) is 55.4 Å². The van der Waals surface area contributed by atoms with E-state index in [0.717, 1.165) is 24.1 Å². The Morgan fingerprint density at radius 2 is 1.00 bits per heavy atom. The Hall–Kier alpha value is -0.745. The summed E-state index contributed by atoms with van der Waals surface area (Å²) < 4.78 is 39.1. The van der Waals surface area contributed by atoms with E-state index in [4.69, 9.17) is 27.9 Å². The van der Waals surface area contributed by atoms with Gasteiger partial charge in [-0.05, 0) is 94.9 Å². The number of rotatable bonds is 14. The highest BCUT2D eigenvalue weighted by Gasteiger charge is 2.65. The van der Waals surface area contributed by atoms with Gasteiger partial charge in [-0.2, -0.15) is 0 Å². The second-order valence-corrected chi connectivity index (χ2v) is 16.7. The first-order chi connectivity index (χ1) is 20.3. The van der Waals surface area contributed by atoms with E-state index in [1.165, 1.54) is 49.9 Å². The molecule has 1 aromatic rings. The van der Waals surface area contributed by atoms with Gasteiger partial charge in [0.25, 0.3) is 0 Å². The fourth-order valence-electron chi connectivity index (χ4n) is 6.27. The lowest BCUT2D eigenvalue weighted by Gasteiger charge is -2.42. The normalized spacial score (nSPS) is 28.8. The van der Waals surface area contributed by atoms with Crippen molar-refractivity contribution < 1.29 is 38.1 Å². The maximum atomic E-state index is 10.9. The van der Waals surface area contributed by atoms with E-state index in [2.05, 4.69) is 20.8 Å². The first-order valence-electron chi connectivity index (χ1n) is 16.9. The molecule has 12 heteroatoms. The quantitative estimate of drug-likeness (QED) is 0.165. The van der Waals surface area contributed by atoms with Gasteiger partial charge in [-0.15, -0.1) is 11.3 Å². The molecule has 2 unspecified atom stereocenters. The fraction of sp³-hybridized carbons (Fsp3) is 0.875. The van der Waals surface area contributed by atoms with Crippen LogP contribution < -0.4 is 4.78 Å². The minimum atomic E-state index is -0.766. The molecule has 0 radical (unpaired) electrons. The Morgan fingerprint density at radius 1 is 0.545 bits per heavy atom. The Balaban J connectivity index is 1.37. The monoisotopic (exact) mass is 634 g/mol. The van der Waals surface area contributed by atoms with Crippen LogP contribution in [0.1, 0.15) is 145 Å². The summed E-state index contributed by atoms with van der Waals surface area (Å²) in [6, 6.07) is 0. The zero-order valence-corrected chi connectivity index (χ0v) is 30.1. The third-order valence-corrected chi connectivity index (χ3v) is 12.4. The number of hydrogen-bond acceptors (Lipinski definition) is 9. The average molecular weight is 634 g/mol. The molecular formula is C32H57B3O8S. The van der Waals surface area contributed by atoms with Crippen molar-refractivity contribution >= 4 is 37.3 Å². The summed E-state index contributed by atoms with van der Waals surface area (Å²) in [5.74, 6) is -0.161. The molecule has 0 spiro atoms. The highest BCUT2D eigenvalue weighted by atomic mass is 32.1. The van der Waals surface area contributed by atoms with Crippen molar-refractivity contribution in [3.63, 3.8) is 0 Å². The fourth-order valence-corrected chi connectivity index (χ4v) is 7.36. The van der Waals surface area contributed by atoms with Crippen LogP contribution in [0.2, 0.25) is 0 Å². The molecule has 0 aromatic carbocycles. The molecule has 2 N–H and O–H groups in total. The van der Waals surface area contributed by atoms with Crippen LogP contribution in [0, 0.1) is 0 Å². The summed E-state index contributed by atoms with van der Waals surface area (Å²) in [6.07, 6.45) is 11.8. The Morgan fingerprint density at radius 3 is 1.57 bits per heavy atom. The van der Waals surface area contributed by atoms with Crippen LogP contribution in [-0.2, 0) is 34.3 Å². The smallest absolute Gasteiger partial charge is 0.504 e. The van der Waals surface area contributed by atoms with Crippen molar-refractivity contribution in [3.8, 4) is 11.5 Å². The number of thiophene rings is 1. The summed E-state index contributed by atoms with van der Waals surface area (Å²) in [4.78, 5) is 0.793. The molecule has 0 bridgehead atoms. The van der Waals surface area contributed by atoms with Crippen molar-refractivity contribution in [2.24, 2.45) is 0 Å². The second kappa shape index (κ2) is 13.0. The van der Waals surface area contributed by atoms with Gasteiger partial charge in [0.05, 0.1) is 38.4 Å². The summed E-state index contributed by atoms with van der Waals surface area (Å²) in [7, 11) is -2.05. The molecule has 3 saturated heterocycles. The largest absolute Gasteiger partial charge is 0.509 e. The summed E-state index contributed by atoms with van der Waals surface area (Å²) in [6.45, 7) is 22.6. The van der Waals surface area contributed by atoms with Crippen molar-refractivity contribution in [3.05, 3.63) is 4.88 Å². The number of aromatic hydroxyl groups is 2. The van der Waals surface area contributed by atoms with E-state index < -0.39 is 54.7 Å². The SMILES string of the molecule is CCCCCCCCCCc1sc(B2OC(C)(C)C(C)(CCC3(C)OB(B4OC(C)(C)C(C)(C)O4)OC3(C)C)O2)c(O)c1O. The Labute approximate surface area is 271 Å². The van der Waals surface area contributed by atoms with Crippen LogP contribution >= 0.6 is 11.3 Å². The van der Waals surface area contributed by atoms with E-state index in [1.54, 1.807) is 0 Å². The Bertz CT molecular complexity index is 1120. The Kier molecular flexibility index (Phi) is 10.7. The highest BCUT2D eigenvalue weighted by Crippen LogP contribution is 2.49. The van der Waals surface area contributed by atoms with Crippen LogP contribution in [-0.4, -0.2) is 65.0 Å². The maximum Gasteiger partial charge on any atom is 0.509 e. The lowest BCUT2D eigenvalue weighted by atomic mass is 9.49. The molecule has 0 aliphatic carbocycles. The van der Waals surface area contributed by atoms with Crippen molar-refractivity contribution in [1.29, 1.82) is 0 Å². The number of hydrogen-bond donors (Lipinski definition) is 2. The van der Waals surface area contributed by atoms with Gasteiger partial charge in [0.15, 0.2) is 11.5 Å². The minimum Gasteiger partial charge on any atom is -0.504 e.